The van der Waals surface area contributed by atoms with E-state index in [4.69, 9.17) is 0 Å². The van der Waals surface area contributed by atoms with E-state index >= 15 is 0 Å². The highest BCUT2D eigenvalue weighted by Gasteiger charge is 2.03. The molecule has 296 valence electrons. The molecule has 12 nitrogen and oxygen atoms in total. The number of rotatable bonds is 8. The Hall–Kier alpha value is -7.72. The Kier molecular flexibility index (Phi) is 16.0. The number of aromatic nitrogens is 12. The van der Waals surface area contributed by atoms with Crippen LogP contribution in [0.2, 0.25) is 0 Å². The van der Waals surface area contributed by atoms with Gasteiger partial charge in [-0.3, -0.25) is 0 Å². The van der Waals surface area contributed by atoms with E-state index in [0.717, 1.165) is 89.0 Å². The van der Waals surface area contributed by atoms with Gasteiger partial charge in [-0.05, 0) is 103 Å². The minimum absolute atomic E-state index is 0. The van der Waals surface area contributed by atoms with Crippen LogP contribution in [0, 0.1) is 35.5 Å². The fourth-order valence-electron chi connectivity index (χ4n) is 5.64. The molecular weight excluding hydrogens is 768 g/mol. The van der Waals surface area contributed by atoms with Crippen molar-refractivity contribution in [2.75, 3.05) is 0 Å². The van der Waals surface area contributed by atoms with E-state index in [2.05, 4.69) is 81.2 Å². The molecule has 0 aliphatic rings. The summed E-state index contributed by atoms with van der Waals surface area (Å²) in [5.74, 6) is 18.5. The minimum atomic E-state index is 0. The molecule has 0 amide bonds. The lowest BCUT2D eigenvalue weighted by Gasteiger charge is -1.98. The number of aryl methyl sites for hydroxylation is 3. The first kappa shape index (κ1) is 41.9. The van der Waals surface area contributed by atoms with Crippen molar-refractivity contribution >= 4 is 45.5 Å². The summed E-state index contributed by atoms with van der Waals surface area (Å²) in [6, 6.07) is 40.9. The first-order valence-corrected chi connectivity index (χ1v) is 19.3. The average Bonchev–Trinajstić information content (AvgIpc) is 4.03. The zero-order valence-electron chi connectivity index (χ0n) is 32.8. The number of hydrogen-bond donors (Lipinski definition) is 0. The third kappa shape index (κ3) is 12.9. The van der Waals surface area contributed by atoms with E-state index in [0.29, 0.717) is 13.0 Å². The van der Waals surface area contributed by atoms with Crippen molar-refractivity contribution < 1.29 is 0 Å². The summed E-state index contributed by atoms with van der Waals surface area (Å²) in [7, 11) is 0. The van der Waals surface area contributed by atoms with Gasteiger partial charge in [0.05, 0.1) is 18.6 Å². The second-order valence-electron chi connectivity index (χ2n) is 12.9. The van der Waals surface area contributed by atoms with Gasteiger partial charge in [-0.2, -0.15) is 30.0 Å². The van der Waals surface area contributed by atoms with Crippen molar-refractivity contribution in [3.63, 3.8) is 0 Å². The van der Waals surface area contributed by atoms with Crippen LogP contribution in [0.1, 0.15) is 49.2 Å². The van der Waals surface area contributed by atoms with Crippen LogP contribution in [0.4, 0.5) is 0 Å². The van der Waals surface area contributed by atoms with Crippen LogP contribution in [-0.2, 0) is 19.6 Å². The normalized spacial score (nSPS) is 10.0. The largest absolute Gasteiger partial charge is 0.248 e. The van der Waals surface area contributed by atoms with Gasteiger partial charge in [0.25, 0.3) is 0 Å². The smallest absolute Gasteiger partial charge is 0.113 e. The molecule has 9 rings (SSSR count). The minimum Gasteiger partial charge on any atom is -0.248 e. The van der Waals surface area contributed by atoms with Gasteiger partial charge in [0.2, 0.25) is 0 Å². The summed E-state index contributed by atoms with van der Waals surface area (Å²) in [5, 5.41) is 25.9. The van der Waals surface area contributed by atoms with Crippen LogP contribution in [0.3, 0.4) is 0 Å². The van der Waals surface area contributed by atoms with Crippen LogP contribution >= 0.6 is 12.4 Å². The van der Waals surface area contributed by atoms with Gasteiger partial charge in [0.15, 0.2) is 0 Å². The zero-order valence-corrected chi connectivity index (χ0v) is 33.6. The molecule has 60 heavy (non-hydrogen) atoms. The van der Waals surface area contributed by atoms with Crippen molar-refractivity contribution in [3.8, 4) is 35.5 Å². The number of benzene rings is 3. The number of pyridine rings is 3. The van der Waals surface area contributed by atoms with Crippen molar-refractivity contribution in [1.29, 1.82) is 0 Å². The second kappa shape index (κ2) is 22.9. The molecule has 0 atom stereocenters. The van der Waals surface area contributed by atoms with Gasteiger partial charge >= 0.3 is 0 Å². The lowest BCUT2D eigenvalue weighted by Crippen LogP contribution is -2.01. The van der Waals surface area contributed by atoms with E-state index < -0.39 is 0 Å². The molecule has 0 N–H and O–H groups in total. The summed E-state index contributed by atoms with van der Waals surface area (Å²) in [4.78, 5) is 15.9. The maximum atomic E-state index is 4.41. The fourth-order valence-corrected chi connectivity index (χ4v) is 5.64. The van der Waals surface area contributed by atoms with Gasteiger partial charge in [-0.15, -0.1) is 17.5 Å². The molecule has 6 heterocycles. The molecule has 13 heteroatoms. The lowest BCUT2D eigenvalue weighted by molar-refractivity contribution is 0.524. The Labute approximate surface area is 354 Å². The highest BCUT2D eigenvalue weighted by Crippen LogP contribution is 2.11. The van der Waals surface area contributed by atoms with Crippen molar-refractivity contribution in [3.05, 3.63) is 163 Å². The first-order valence-electron chi connectivity index (χ1n) is 19.3. The number of halogens is 1. The van der Waals surface area contributed by atoms with Crippen LogP contribution < -0.4 is 0 Å². The van der Waals surface area contributed by atoms with E-state index in [1.54, 1.807) is 28.2 Å². The molecule has 0 saturated carbocycles. The first-order chi connectivity index (χ1) is 29.3. The molecule has 0 spiro atoms. The molecule has 9 aromatic rings. The average molecular weight is 809 g/mol. The van der Waals surface area contributed by atoms with E-state index in [1.807, 2.05) is 132 Å². The summed E-state index contributed by atoms with van der Waals surface area (Å²) >= 11 is 0. The van der Waals surface area contributed by atoms with Crippen LogP contribution in [0.5, 0.6) is 0 Å². The number of unbranched alkanes of at least 4 members (excludes halogenated alkanes) is 2. The Bertz CT molecular complexity index is 2800. The maximum Gasteiger partial charge on any atom is 0.113 e. The number of fused-ring (bicyclic) bond motifs is 3. The molecule has 3 aromatic carbocycles. The number of para-hydroxylation sites is 1. The van der Waals surface area contributed by atoms with Gasteiger partial charge in [-0.1, -0.05) is 77.6 Å². The van der Waals surface area contributed by atoms with Crippen LogP contribution in [0.15, 0.2) is 146 Å². The van der Waals surface area contributed by atoms with Crippen LogP contribution in [-0.4, -0.2) is 59.9 Å². The molecule has 0 saturated heterocycles. The molecule has 0 aliphatic carbocycles. The van der Waals surface area contributed by atoms with Gasteiger partial charge in [0, 0.05) is 44.4 Å². The highest BCUT2D eigenvalue weighted by atomic mass is 35.5. The summed E-state index contributed by atoms with van der Waals surface area (Å²) < 4.78 is 1.93. The molecule has 0 radical (unpaired) electrons. The Morgan fingerprint density at radius 1 is 0.400 bits per heavy atom. The predicted molar refractivity (Wildman–Crippen MR) is 236 cm³/mol. The lowest BCUT2D eigenvalue weighted by atomic mass is 10.2. The van der Waals surface area contributed by atoms with Gasteiger partial charge in [-0.25, -0.2) is 19.6 Å². The molecule has 0 fully saturated rings. The third-order valence-corrected chi connectivity index (χ3v) is 8.49. The molecule has 0 aliphatic heterocycles. The quantitative estimate of drug-likeness (QED) is 0.111. The van der Waals surface area contributed by atoms with E-state index in [1.165, 1.54) is 0 Å². The Morgan fingerprint density at radius 2 is 0.800 bits per heavy atom. The van der Waals surface area contributed by atoms with Crippen molar-refractivity contribution in [2.45, 2.75) is 51.7 Å². The summed E-state index contributed by atoms with van der Waals surface area (Å²) in [6.45, 7) is 2.30. The second-order valence-corrected chi connectivity index (χ2v) is 12.9. The van der Waals surface area contributed by atoms with Crippen molar-refractivity contribution in [1.82, 2.24) is 59.9 Å². The Balaban J connectivity index is 0.000000150. The topological polar surface area (TPSA) is 131 Å². The SMILES string of the molecule is C(#Cc1ccccn1)CCCn1nc2ccccc2n1.C(#Cc1ccccn1)CCCn1nnc2ccccc21.C(#Cc1ccccn1)CCn1nc2ccccc2n1.Cl. The monoisotopic (exact) mass is 808 g/mol. The predicted octanol–water partition coefficient (Wildman–Crippen LogP) is 8.01. The summed E-state index contributed by atoms with van der Waals surface area (Å²) in [6.07, 6.45) is 9.48. The van der Waals surface area contributed by atoms with E-state index in [-0.39, 0.29) is 12.4 Å². The van der Waals surface area contributed by atoms with Gasteiger partial charge in [0.1, 0.15) is 44.7 Å². The zero-order chi connectivity index (χ0) is 40.2. The molecular formula is C47H41ClN12. The van der Waals surface area contributed by atoms with E-state index in [9.17, 15) is 0 Å². The van der Waals surface area contributed by atoms with Gasteiger partial charge < -0.3 is 0 Å². The van der Waals surface area contributed by atoms with Crippen LogP contribution in [0.25, 0.3) is 33.1 Å². The third-order valence-electron chi connectivity index (χ3n) is 8.49. The highest BCUT2D eigenvalue weighted by molar-refractivity contribution is 5.85. The standard InChI is InChI=1S/2C16H14N4.C15H12N4.ClH/c1(2-8-14-9-5-6-12-17-14)7-13-20-16-11-4-3-10-15(16)18-19-20;1(2-8-14-9-5-6-12-17-14)7-13-20-18-15-10-3-4-11-16(15)19-20;1-2-10-15-14(9-1)17-19(18-15)12-6-4-8-13-7-3-5-11-16-13;/h2*3-6,9-12H,1,7,13H2;1-3,5,7,9-11H,6,12H2;1H. The fraction of sp³-hybridized carbons (Fsp3) is 0.170. The summed E-state index contributed by atoms with van der Waals surface area (Å²) in [5.41, 5.74) is 8.15. The maximum absolute atomic E-state index is 4.41. The Morgan fingerprint density at radius 3 is 1.27 bits per heavy atom. The van der Waals surface area contributed by atoms with Crippen molar-refractivity contribution in [2.24, 2.45) is 0 Å². The molecule has 0 bridgehead atoms. The number of nitrogens with zero attached hydrogens (tertiary/aromatic N) is 12. The molecule has 6 aromatic heterocycles. The number of hydrogen-bond acceptors (Lipinski definition) is 9. The molecule has 0 unspecified atom stereocenters.